The maximum Gasteiger partial charge on any atom is 0.415 e. The Morgan fingerprint density at radius 1 is 1.40 bits per heavy atom. The molecule has 0 aliphatic carbocycles. The molecule has 1 aromatic carbocycles. The molecule has 9 heteroatoms. The third kappa shape index (κ3) is 2.52. The molecule has 0 aliphatic rings. The number of benzene rings is 1. The molecule has 0 saturated carbocycles. The summed E-state index contributed by atoms with van der Waals surface area (Å²) in [5, 5.41) is 0.640. The van der Waals surface area contributed by atoms with Gasteiger partial charge in [0.05, 0.1) is 34.6 Å². The Hall–Kier alpha value is -1.57. The summed E-state index contributed by atoms with van der Waals surface area (Å²) < 4.78 is 12.9. The molecule has 0 unspecified atom stereocenters. The fourth-order valence-corrected chi connectivity index (χ4v) is 2.70. The first kappa shape index (κ1) is 14.8. The highest BCUT2D eigenvalue weighted by molar-refractivity contribution is 6.99. The predicted molar refractivity (Wildman–Crippen MR) is 80.6 cm³/mol. The van der Waals surface area contributed by atoms with Gasteiger partial charge in [-0.3, -0.25) is 4.90 Å². The van der Waals surface area contributed by atoms with E-state index in [0.717, 1.165) is 11.7 Å². The van der Waals surface area contributed by atoms with Crippen molar-refractivity contribution < 1.29 is 9.53 Å². The summed E-state index contributed by atoms with van der Waals surface area (Å²) >= 11 is 13.3. The minimum atomic E-state index is -0.574. The Morgan fingerprint density at radius 2 is 2.10 bits per heavy atom. The fourth-order valence-electron chi connectivity index (χ4n) is 1.57. The Kier molecular flexibility index (Phi) is 4.32. The van der Waals surface area contributed by atoms with E-state index in [4.69, 9.17) is 28.9 Å². The molecule has 2 aromatic rings. The summed E-state index contributed by atoms with van der Waals surface area (Å²) in [5.74, 6) is 0.302. The Labute approximate surface area is 129 Å². The van der Waals surface area contributed by atoms with Gasteiger partial charge in [0.1, 0.15) is 5.69 Å². The van der Waals surface area contributed by atoms with Gasteiger partial charge in [-0.25, -0.2) is 4.79 Å². The molecule has 0 atom stereocenters. The first-order chi connectivity index (χ1) is 9.47. The second kappa shape index (κ2) is 5.82. The molecule has 106 valence electrons. The highest BCUT2D eigenvalue weighted by Gasteiger charge is 2.24. The van der Waals surface area contributed by atoms with E-state index < -0.39 is 6.09 Å². The molecule has 1 heterocycles. The highest BCUT2D eigenvalue weighted by Crippen LogP contribution is 2.41. The second-order valence-corrected chi connectivity index (χ2v) is 5.10. The number of carbonyl (C=O) groups excluding carboxylic acids is 1. The van der Waals surface area contributed by atoms with Crippen molar-refractivity contribution in [1.82, 2.24) is 8.75 Å². The van der Waals surface area contributed by atoms with E-state index in [1.54, 1.807) is 12.1 Å². The number of carbonyl (C=O) groups is 1. The second-order valence-electron chi connectivity index (χ2n) is 3.79. The number of hydrogen-bond donors (Lipinski definition) is 1. The van der Waals surface area contributed by atoms with Crippen LogP contribution in [0, 0.1) is 0 Å². The van der Waals surface area contributed by atoms with Crippen molar-refractivity contribution in [2.45, 2.75) is 0 Å². The quantitative estimate of drug-likeness (QED) is 0.853. The van der Waals surface area contributed by atoms with Gasteiger partial charge in [0.15, 0.2) is 5.82 Å². The average Bonchev–Trinajstić information content (AvgIpc) is 2.90. The molecule has 6 nitrogen and oxygen atoms in total. The molecule has 0 saturated heterocycles. The zero-order valence-corrected chi connectivity index (χ0v) is 12.9. The van der Waals surface area contributed by atoms with Crippen LogP contribution < -0.4 is 10.6 Å². The number of nitrogens with two attached hydrogens (primary N) is 1. The van der Waals surface area contributed by atoms with Gasteiger partial charge < -0.3 is 10.5 Å². The van der Waals surface area contributed by atoms with Crippen molar-refractivity contribution in [2.75, 3.05) is 24.8 Å². The smallest absolute Gasteiger partial charge is 0.415 e. The number of nitrogens with zero attached hydrogens (tertiary/aromatic N) is 3. The zero-order chi connectivity index (χ0) is 14.9. The minimum absolute atomic E-state index is 0.268. The van der Waals surface area contributed by atoms with Crippen molar-refractivity contribution in [3.05, 3.63) is 22.2 Å². The number of anilines is 2. The fraction of sp³-hybridized carbons (Fsp3) is 0.182. The van der Waals surface area contributed by atoms with Crippen LogP contribution >= 0.6 is 34.9 Å². The molecule has 2 rings (SSSR count). The van der Waals surface area contributed by atoms with E-state index in [1.165, 1.54) is 19.1 Å². The van der Waals surface area contributed by atoms with Crippen LogP contribution in [-0.2, 0) is 4.74 Å². The first-order valence-electron chi connectivity index (χ1n) is 5.35. The molecule has 1 amide bonds. The summed E-state index contributed by atoms with van der Waals surface area (Å²) in [6, 6.07) is 3.21. The number of methoxy groups -OCH3 is 1. The Bertz CT molecular complexity index is 662. The lowest BCUT2D eigenvalue weighted by Crippen LogP contribution is -2.26. The molecule has 20 heavy (non-hydrogen) atoms. The molecule has 0 radical (unpaired) electrons. The third-order valence-corrected chi connectivity index (χ3v) is 3.84. The first-order valence-corrected chi connectivity index (χ1v) is 6.84. The third-order valence-electron chi connectivity index (χ3n) is 2.60. The minimum Gasteiger partial charge on any atom is -0.452 e. The Balaban J connectivity index is 2.59. The summed E-state index contributed by atoms with van der Waals surface area (Å²) in [6.45, 7) is 0. The number of amides is 1. The molecular formula is C11H10Cl2N4O2S. The Morgan fingerprint density at radius 3 is 2.75 bits per heavy atom. The van der Waals surface area contributed by atoms with Gasteiger partial charge >= 0.3 is 6.09 Å². The number of hydrogen-bond acceptors (Lipinski definition) is 6. The van der Waals surface area contributed by atoms with Crippen LogP contribution in [0.5, 0.6) is 0 Å². The maximum absolute atomic E-state index is 11.6. The molecule has 0 aliphatic heterocycles. The van der Waals surface area contributed by atoms with Gasteiger partial charge in [-0.1, -0.05) is 23.2 Å². The predicted octanol–water partition coefficient (Wildman–Crippen LogP) is 3.30. The molecule has 2 N–H and O–H groups in total. The average molecular weight is 333 g/mol. The van der Waals surface area contributed by atoms with E-state index >= 15 is 0 Å². The monoisotopic (exact) mass is 332 g/mol. The summed E-state index contributed by atoms with van der Waals surface area (Å²) in [4.78, 5) is 12.8. The van der Waals surface area contributed by atoms with Crippen molar-refractivity contribution in [2.24, 2.45) is 0 Å². The lowest BCUT2D eigenvalue weighted by molar-refractivity contribution is 0.180. The highest BCUT2D eigenvalue weighted by atomic mass is 35.5. The summed E-state index contributed by atoms with van der Waals surface area (Å²) in [5.41, 5.74) is 6.95. The topological polar surface area (TPSA) is 81.3 Å². The van der Waals surface area contributed by atoms with E-state index in [-0.39, 0.29) is 5.02 Å². The van der Waals surface area contributed by atoms with Crippen LogP contribution in [0.4, 0.5) is 16.3 Å². The van der Waals surface area contributed by atoms with E-state index in [0.29, 0.717) is 27.8 Å². The van der Waals surface area contributed by atoms with Crippen LogP contribution in [0.2, 0.25) is 10.0 Å². The van der Waals surface area contributed by atoms with Gasteiger partial charge in [0.25, 0.3) is 0 Å². The molecule has 0 fully saturated rings. The lowest BCUT2D eigenvalue weighted by atomic mass is 10.1. The van der Waals surface area contributed by atoms with Crippen LogP contribution in [0.1, 0.15) is 0 Å². The normalized spacial score (nSPS) is 10.4. The van der Waals surface area contributed by atoms with Gasteiger partial charge in [0.2, 0.25) is 0 Å². The lowest BCUT2D eigenvalue weighted by Gasteiger charge is -2.15. The van der Waals surface area contributed by atoms with Crippen molar-refractivity contribution >= 4 is 52.5 Å². The van der Waals surface area contributed by atoms with Gasteiger partial charge in [-0.15, -0.1) is 0 Å². The van der Waals surface area contributed by atoms with Crippen molar-refractivity contribution in [3.8, 4) is 11.3 Å². The largest absolute Gasteiger partial charge is 0.452 e. The molecule has 0 spiro atoms. The zero-order valence-electron chi connectivity index (χ0n) is 10.6. The number of ether oxygens (including phenoxy) is 1. The van der Waals surface area contributed by atoms with Crippen LogP contribution in [0.3, 0.4) is 0 Å². The van der Waals surface area contributed by atoms with E-state index in [2.05, 4.69) is 13.5 Å². The number of halogens is 2. The molecule has 0 bridgehead atoms. The van der Waals surface area contributed by atoms with Crippen LogP contribution in [0.15, 0.2) is 12.1 Å². The summed E-state index contributed by atoms with van der Waals surface area (Å²) in [7, 11) is 2.79. The molecular weight excluding hydrogens is 323 g/mol. The van der Waals surface area contributed by atoms with Crippen molar-refractivity contribution in [3.63, 3.8) is 0 Å². The van der Waals surface area contributed by atoms with Crippen LogP contribution in [-0.4, -0.2) is 29.0 Å². The summed E-state index contributed by atoms with van der Waals surface area (Å²) in [6.07, 6.45) is -0.574. The standard InChI is InChI=1S/C11H10Cl2N4O2S/c1-17(11(18)19-2)10-9(15-20-16-10)7-5(12)3-4-6(14)8(7)13/h3-4H,14H2,1-2H3. The SMILES string of the molecule is COC(=O)N(C)c1nsnc1-c1c(Cl)ccc(N)c1Cl. The van der Waals surface area contributed by atoms with E-state index in [1.807, 2.05) is 0 Å². The van der Waals surface area contributed by atoms with E-state index in [9.17, 15) is 4.79 Å². The molecule has 1 aromatic heterocycles. The number of nitrogen functional groups attached to an aromatic ring is 1. The van der Waals surface area contributed by atoms with Crippen LogP contribution in [0.25, 0.3) is 11.3 Å². The van der Waals surface area contributed by atoms with Gasteiger partial charge in [-0.2, -0.15) is 8.75 Å². The maximum atomic E-state index is 11.6. The number of aromatic nitrogens is 2. The van der Waals surface area contributed by atoms with Gasteiger partial charge in [-0.05, 0) is 12.1 Å². The van der Waals surface area contributed by atoms with Crippen molar-refractivity contribution in [1.29, 1.82) is 0 Å². The van der Waals surface area contributed by atoms with Gasteiger partial charge in [0, 0.05) is 12.6 Å². The number of rotatable bonds is 2.